The summed E-state index contributed by atoms with van der Waals surface area (Å²) in [5, 5.41) is 23.7. The van der Waals surface area contributed by atoms with Crippen LogP contribution >= 0.6 is 11.3 Å². The third-order valence-corrected chi connectivity index (χ3v) is 7.27. The number of hydrogen-bond acceptors (Lipinski definition) is 9. The number of aliphatic hydroxyl groups excluding tert-OH is 1. The van der Waals surface area contributed by atoms with Crippen molar-refractivity contribution in [2.45, 2.75) is 56.9 Å². The molecule has 1 aromatic heterocycles. The molecule has 0 spiro atoms. The smallest absolute Gasteiger partial charge is 0.256 e. The molecule has 10 nitrogen and oxygen atoms in total. The minimum Gasteiger partial charge on any atom is -0.388 e. The summed E-state index contributed by atoms with van der Waals surface area (Å²) in [6.07, 6.45) is -6.80. The molecule has 0 aliphatic carbocycles. The monoisotopic (exact) mass is 529 g/mol. The van der Waals surface area contributed by atoms with Crippen LogP contribution in [0.25, 0.3) is 10.2 Å². The highest BCUT2D eigenvalue weighted by molar-refractivity contribution is 7.18. The Labute approximate surface area is 217 Å². The summed E-state index contributed by atoms with van der Waals surface area (Å²) in [6, 6.07) is 13.6. The van der Waals surface area contributed by atoms with Gasteiger partial charge in [0.2, 0.25) is 0 Å². The van der Waals surface area contributed by atoms with E-state index in [1.807, 2.05) is 49.4 Å². The second-order valence-electron chi connectivity index (χ2n) is 8.90. The first kappa shape index (κ1) is 25.6. The van der Waals surface area contributed by atoms with E-state index in [0.29, 0.717) is 5.69 Å². The van der Waals surface area contributed by atoms with E-state index in [-0.39, 0.29) is 6.61 Å². The Morgan fingerprint density at radius 1 is 1.27 bits per heavy atom. The first-order chi connectivity index (χ1) is 17.9. The van der Waals surface area contributed by atoms with Gasteiger partial charge in [0.25, 0.3) is 5.91 Å². The number of anilines is 1. The maximum atomic E-state index is 14.7. The molecular formula is C25H28FN5O5S. The number of thiazole rings is 1. The Balaban J connectivity index is 1.41. The van der Waals surface area contributed by atoms with E-state index in [2.05, 4.69) is 20.6 Å². The highest BCUT2D eigenvalue weighted by Gasteiger charge is 2.54. The van der Waals surface area contributed by atoms with E-state index < -0.39 is 49.0 Å². The highest BCUT2D eigenvalue weighted by atomic mass is 32.1. The average molecular weight is 530 g/mol. The van der Waals surface area contributed by atoms with E-state index in [0.717, 1.165) is 25.8 Å². The van der Waals surface area contributed by atoms with Crippen LogP contribution in [0.4, 0.5) is 10.1 Å². The van der Waals surface area contributed by atoms with Gasteiger partial charge in [-0.2, -0.15) is 5.11 Å². The van der Waals surface area contributed by atoms with Crippen LogP contribution < -0.4 is 5.32 Å². The Morgan fingerprint density at radius 3 is 2.78 bits per heavy atom. The van der Waals surface area contributed by atoms with Crippen molar-refractivity contribution in [1.82, 2.24) is 9.99 Å². The van der Waals surface area contributed by atoms with Gasteiger partial charge in [-0.1, -0.05) is 35.6 Å². The van der Waals surface area contributed by atoms with Crippen LogP contribution in [-0.4, -0.2) is 71.4 Å². The van der Waals surface area contributed by atoms with Crippen LogP contribution in [-0.2, 0) is 19.0 Å². The molecule has 12 heteroatoms. The summed E-state index contributed by atoms with van der Waals surface area (Å²) in [7, 11) is 1.40. The van der Waals surface area contributed by atoms with Crippen molar-refractivity contribution in [2.75, 3.05) is 19.0 Å². The molecule has 7 atom stereocenters. The number of aromatic nitrogens is 1. The van der Waals surface area contributed by atoms with Gasteiger partial charge >= 0.3 is 0 Å². The molecule has 2 aliphatic rings. The second-order valence-corrected chi connectivity index (χ2v) is 10.1. The SMILES string of the molecule is C/N=N\N(C(C)F)[C@@H]1[C@@H](O)[C@H](C(=O)Nc2ccc3nc(C)sc3c2)OC2CO[C@H](c3ccccc3)O[C@@H]21. The van der Waals surface area contributed by atoms with Crippen molar-refractivity contribution < 1.29 is 28.5 Å². The first-order valence-corrected chi connectivity index (χ1v) is 12.7. The zero-order valence-corrected chi connectivity index (χ0v) is 21.3. The van der Waals surface area contributed by atoms with Gasteiger partial charge in [0.1, 0.15) is 24.4 Å². The number of aliphatic hydroxyl groups is 1. The standard InChI is InChI=1S/C25H28FN5O5S/c1-13(26)31(30-27-3)20-21(32)23(24(33)29-16-9-10-17-19(11-16)37-14(2)28-17)35-18-12-34-25(36-22(18)20)15-7-5-4-6-8-15/h4-11,13,18,20-23,25,32H,12H2,1-3H3,(H,29,33)/b30-27-/t13?,18?,20-,21-,22+,23-,25+/m1/s1. The van der Waals surface area contributed by atoms with E-state index in [4.69, 9.17) is 14.2 Å². The van der Waals surface area contributed by atoms with Crippen LogP contribution in [0.1, 0.15) is 23.8 Å². The number of nitrogens with zero attached hydrogens (tertiary/aromatic N) is 4. The van der Waals surface area contributed by atoms with Crippen LogP contribution in [0, 0.1) is 6.92 Å². The van der Waals surface area contributed by atoms with Crippen molar-refractivity contribution in [2.24, 2.45) is 10.3 Å². The number of fused-ring (bicyclic) bond motifs is 2. The van der Waals surface area contributed by atoms with Crippen molar-refractivity contribution in [3.63, 3.8) is 0 Å². The Bertz CT molecular complexity index is 1270. The zero-order valence-electron chi connectivity index (χ0n) is 20.5. The summed E-state index contributed by atoms with van der Waals surface area (Å²) in [4.78, 5) is 17.7. The lowest BCUT2D eigenvalue weighted by Crippen LogP contribution is -2.68. The number of benzene rings is 2. The molecule has 3 heterocycles. The third kappa shape index (κ3) is 5.20. The summed E-state index contributed by atoms with van der Waals surface area (Å²) in [6.45, 7) is 3.26. The largest absolute Gasteiger partial charge is 0.388 e. The van der Waals surface area contributed by atoms with E-state index in [9.17, 15) is 14.3 Å². The van der Waals surface area contributed by atoms with Crippen LogP contribution in [0.5, 0.6) is 0 Å². The lowest BCUT2D eigenvalue weighted by Gasteiger charge is -2.50. The van der Waals surface area contributed by atoms with Gasteiger partial charge in [-0.15, -0.1) is 11.3 Å². The molecule has 2 saturated heterocycles. The number of carbonyl (C=O) groups is 1. The second kappa shape index (κ2) is 10.8. The van der Waals surface area contributed by atoms with Gasteiger partial charge in [0.05, 0.1) is 28.9 Å². The third-order valence-electron chi connectivity index (χ3n) is 6.33. The van der Waals surface area contributed by atoms with Crippen molar-refractivity contribution in [3.8, 4) is 0 Å². The van der Waals surface area contributed by atoms with Gasteiger partial charge < -0.3 is 24.6 Å². The number of ether oxygens (including phenoxy) is 3. The van der Waals surface area contributed by atoms with E-state index in [1.54, 1.807) is 6.07 Å². The fourth-order valence-electron chi connectivity index (χ4n) is 4.72. The number of hydrogen-bond donors (Lipinski definition) is 2. The molecule has 0 saturated carbocycles. The minimum absolute atomic E-state index is 0.0705. The highest BCUT2D eigenvalue weighted by Crippen LogP contribution is 2.37. The van der Waals surface area contributed by atoms with E-state index >= 15 is 0 Å². The van der Waals surface area contributed by atoms with Gasteiger partial charge in [-0.3, -0.25) is 4.79 Å². The topological polar surface area (TPSA) is 118 Å². The number of alkyl halides is 1. The average Bonchev–Trinajstić information content (AvgIpc) is 3.26. The summed E-state index contributed by atoms with van der Waals surface area (Å²) < 4.78 is 33.7. The molecule has 5 rings (SSSR count). The fourth-order valence-corrected chi connectivity index (χ4v) is 5.58. The maximum Gasteiger partial charge on any atom is 0.256 e. The number of carbonyl (C=O) groups excluding carboxylic acids is 1. The number of rotatable bonds is 6. The molecule has 0 bridgehead atoms. The van der Waals surface area contributed by atoms with Gasteiger partial charge in [-0.25, -0.2) is 14.4 Å². The molecule has 2 unspecified atom stereocenters. The number of halogens is 1. The zero-order chi connectivity index (χ0) is 26.1. The number of nitrogens with one attached hydrogen (secondary N) is 1. The normalized spacial score (nSPS) is 28.7. The summed E-state index contributed by atoms with van der Waals surface area (Å²) in [5.41, 5.74) is 2.12. The van der Waals surface area contributed by atoms with Crippen molar-refractivity contribution in [1.29, 1.82) is 0 Å². The predicted molar refractivity (Wildman–Crippen MR) is 135 cm³/mol. The molecule has 3 aromatic rings. The molecule has 2 fully saturated rings. The molecule has 0 radical (unpaired) electrons. The Hall–Kier alpha value is -3.03. The maximum absolute atomic E-state index is 14.7. The molecular weight excluding hydrogens is 501 g/mol. The molecule has 2 N–H and O–H groups in total. The fraction of sp³-hybridized carbons (Fsp3) is 0.440. The molecule has 2 aromatic carbocycles. The lowest BCUT2D eigenvalue weighted by atomic mass is 9.90. The van der Waals surface area contributed by atoms with Gasteiger partial charge in [0, 0.05) is 11.3 Å². The lowest BCUT2D eigenvalue weighted by molar-refractivity contribution is -0.319. The predicted octanol–water partition coefficient (Wildman–Crippen LogP) is 3.77. The van der Waals surface area contributed by atoms with Gasteiger partial charge in [0.15, 0.2) is 18.7 Å². The van der Waals surface area contributed by atoms with Gasteiger partial charge in [-0.05, 0) is 32.0 Å². The number of aryl methyl sites for hydroxylation is 1. The number of amides is 1. The van der Waals surface area contributed by atoms with Crippen LogP contribution in [0.15, 0.2) is 58.9 Å². The molecule has 2 aliphatic heterocycles. The van der Waals surface area contributed by atoms with Crippen molar-refractivity contribution >= 4 is 33.1 Å². The summed E-state index contributed by atoms with van der Waals surface area (Å²) in [5.74, 6) is -0.582. The first-order valence-electron chi connectivity index (χ1n) is 11.9. The van der Waals surface area contributed by atoms with Crippen molar-refractivity contribution in [3.05, 3.63) is 59.1 Å². The Morgan fingerprint density at radius 2 is 2.05 bits per heavy atom. The minimum atomic E-state index is -1.62. The molecule has 196 valence electrons. The Kier molecular flexibility index (Phi) is 7.45. The van der Waals surface area contributed by atoms with E-state index in [1.165, 1.54) is 25.3 Å². The summed E-state index contributed by atoms with van der Waals surface area (Å²) >= 11 is 1.51. The van der Waals surface area contributed by atoms with Crippen LogP contribution in [0.3, 0.4) is 0 Å². The quantitative estimate of drug-likeness (QED) is 0.284. The van der Waals surface area contributed by atoms with Crippen LogP contribution in [0.2, 0.25) is 0 Å². The molecule has 1 amide bonds. The molecule has 37 heavy (non-hydrogen) atoms.